The molecule has 0 radical (unpaired) electrons. The van der Waals surface area contributed by atoms with Gasteiger partial charge in [-0.15, -0.1) is 0 Å². The van der Waals surface area contributed by atoms with Gasteiger partial charge in [0.2, 0.25) is 11.8 Å². The van der Waals surface area contributed by atoms with E-state index in [9.17, 15) is 18.0 Å². The van der Waals surface area contributed by atoms with Crippen molar-refractivity contribution >= 4 is 62.3 Å². The normalized spacial score (nSPS) is 12.5. The lowest BCUT2D eigenvalue weighted by Gasteiger charge is -2.33. The van der Waals surface area contributed by atoms with Crippen molar-refractivity contribution in [2.75, 3.05) is 10.8 Å². The van der Waals surface area contributed by atoms with Crippen LogP contribution >= 0.6 is 34.8 Å². The molecule has 3 rings (SSSR count). The molecular weight excluding hydrogens is 581 g/mol. The van der Waals surface area contributed by atoms with Crippen molar-refractivity contribution in [3.8, 4) is 0 Å². The number of halogens is 3. The SMILES string of the molecule is C[C@H](C(=O)NC(C)(C)C)N(Cc1c(Cl)cccc1Cl)C(=O)CN(c1ccccc1)S(=O)(=O)c1ccc(Cl)cc1. The summed E-state index contributed by atoms with van der Waals surface area (Å²) >= 11 is 18.8. The highest BCUT2D eigenvalue weighted by Gasteiger charge is 2.34. The Bertz CT molecular complexity index is 1410. The topological polar surface area (TPSA) is 86.8 Å². The summed E-state index contributed by atoms with van der Waals surface area (Å²) in [6, 6.07) is 17.9. The largest absolute Gasteiger partial charge is 0.350 e. The minimum Gasteiger partial charge on any atom is -0.350 e. The Hall–Kier alpha value is -2.78. The van der Waals surface area contributed by atoms with Crippen molar-refractivity contribution < 1.29 is 18.0 Å². The molecule has 7 nitrogen and oxygen atoms in total. The summed E-state index contributed by atoms with van der Waals surface area (Å²) in [7, 11) is -4.19. The number of carbonyl (C=O) groups excluding carboxylic acids is 2. The van der Waals surface area contributed by atoms with Crippen LogP contribution in [0.1, 0.15) is 33.3 Å². The number of carbonyl (C=O) groups is 2. The van der Waals surface area contributed by atoms with Crippen LogP contribution in [0.4, 0.5) is 5.69 Å². The van der Waals surface area contributed by atoms with Gasteiger partial charge < -0.3 is 10.2 Å². The van der Waals surface area contributed by atoms with Crippen LogP contribution in [0.15, 0.2) is 77.7 Å². The maximum absolute atomic E-state index is 13.9. The number of amides is 2. The Kier molecular flexibility index (Phi) is 9.93. The number of nitrogens with one attached hydrogen (secondary N) is 1. The van der Waals surface area contributed by atoms with Crippen LogP contribution in [-0.2, 0) is 26.2 Å². The van der Waals surface area contributed by atoms with Gasteiger partial charge in [0.05, 0.1) is 10.6 Å². The van der Waals surface area contributed by atoms with Gasteiger partial charge in [-0.25, -0.2) is 8.42 Å². The van der Waals surface area contributed by atoms with Crippen molar-refractivity contribution in [2.45, 2.75) is 50.7 Å². The molecule has 0 unspecified atom stereocenters. The molecule has 0 aliphatic heterocycles. The number of hydrogen-bond acceptors (Lipinski definition) is 4. The monoisotopic (exact) mass is 609 g/mol. The average Bonchev–Trinajstić information content (AvgIpc) is 2.86. The first-order chi connectivity index (χ1) is 18.2. The fourth-order valence-corrected chi connectivity index (χ4v) is 5.82. The molecule has 0 fully saturated rings. The number of nitrogens with zero attached hydrogens (tertiary/aromatic N) is 2. The third kappa shape index (κ3) is 7.88. The van der Waals surface area contributed by atoms with E-state index < -0.39 is 40.0 Å². The third-order valence-electron chi connectivity index (χ3n) is 5.78. The molecule has 0 saturated carbocycles. The van der Waals surface area contributed by atoms with Gasteiger partial charge in [-0.05, 0) is 76.2 Å². The van der Waals surface area contributed by atoms with Crippen molar-refractivity contribution in [3.63, 3.8) is 0 Å². The number of hydrogen-bond donors (Lipinski definition) is 1. The van der Waals surface area contributed by atoms with E-state index >= 15 is 0 Å². The lowest BCUT2D eigenvalue weighted by atomic mass is 10.1. The van der Waals surface area contributed by atoms with E-state index in [0.29, 0.717) is 20.6 Å². The summed E-state index contributed by atoms with van der Waals surface area (Å²) in [5.74, 6) is -1.03. The fourth-order valence-electron chi connectivity index (χ4n) is 3.77. The number of benzene rings is 3. The van der Waals surface area contributed by atoms with Gasteiger partial charge in [0.15, 0.2) is 0 Å². The summed E-state index contributed by atoms with van der Waals surface area (Å²) in [4.78, 5) is 28.3. The molecule has 39 heavy (non-hydrogen) atoms. The quantitative estimate of drug-likeness (QED) is 0.314. The van der Waals surface area contributed by atoms with Gasteiger partial charge in [0, 0.05) is 32.7 Å². The lowest BCUT2D eigenvalue weighted by molar-refractivity contribution is -0.140. The summed E-state index contributed by atoms with van der Waals surface area (Å²) in [6.45, 7) is 6.35. The standard InChI is InChI=1S/C28H30Cl3N3O4S/c1-19(27(36)32-28(2,3)4)33(17-23-24(30)11-8-12-25(23)31)26(35)18-34(21-9-6-5-7-10-21)39(37,38)22-15-13-20(29)14-16-22/h5-16,19H,17-18H2,1-4H3,(H,32,36)/t19-/m1/s1. The van der Waals surface area contributed by atoms with Crippen LogP contribution in [-0.4, -0.2) is 43.3 Å². The molecule has 3 aromatic carbocycles. The molecule has 11 heteroatoms. The van der Waals surface area contributed by atoms with E-state index in [4.69, 9.17) is 34.8 Å². The molecule has 0 spiro atoms. The Morgan fingerprint density at radius 1 is 0.872 bits per heavy atom. The van der Waals surface area contributed by atoms with E-state index in [-0.39, 0.29) is 17.1 Å². The number of sulfonamides is 1. The van der Waals surface area contributed by atoms with E-state index in [1.807, 2.05) is 20.8 Å². The maximum Gasteiger partial charge on any atom is 0.264 e. The van der Waals surface area contributed by atoms with Crippen LogP contribution in [0.2, 0.25) is 15.1 Å². The highest BCUT2D eigenvalue weighted by atomic mass is 35.5. The first kappa shape index (κ1) is 30.8. The number of anilines is 1. The molecule has 1 N–H and O–H groups in total. The van der Waals surface area contributed by atoms with Gasteiger partial charge in [-0.1, -0.05) is 59.1 Å². The molecule has 208 valence electrons. The van der Waals surface area contributed by atoms with Crippen LogP contribution in [0.25, 0.3) is 0 Å². The third-order valence-corrected chi connectivity index (χ3v) is 8.53. The predicted molar refractivity (Wildman–Crippen MR) is 157 cm³/mol. The fraction of sp³-hybridized carbons (Fsp3) is 0.286. The number of rotatable bonds is 9. The van der Waals surface area contributed by atoms with Gasteiger partial charge in [0.25, 0.3) is 10.0 Å². The zero-order valence-corrected chi connectivity index (χ0v) is 25.1. The Labute approximate surface area is 244 Å². The van der Waals surface area contributed by atoms with E-state index in [1.54, 1.807) is 55.5 Å². The second kappa shape index (κ2) is 12.6. The molecule has 0 bridgehead atoms. The van der Waals surface area contributed by atoms with E-state index in [2.05, 4.69) is 5.32 Å². The van der Waals surface area contributed by atoms with Crippen molar-refractivity contribution in [1.82, 2.24) is 10.2 Å². The van der Waals surface area contributed by atoms with Crippen LogP contribution in [0.3, 0.4) is 0 Å². The molecule has 0 heterocycles. The second-order valence-electron chi connectivity index (χ2n) is 9.94. The van der Waals surface area contributed by atoms with Gasteiger partial charge in [-0.3, -0.25) is 13.9 Å². The van der Waals surface area contributed by atoms with Gasteiger partial charge >= 0.3 is 0 Å². The average molecular weight is 611 g/mol. The van der Waals surface area contributed by atoms with E-state index in [0.717, 1.165) is 4.31 Å². The molecule has 3 aromatic rings. The molecule has 0 aromatic heterocycles. The van der Waals surface area contributed by atoms with Gasteiger partial charge in [-0.2, -0.15) is 0 Å². The predicted octanol–water partition coefficient (Wildman–Crippen LogP) is 6.17. The van der Waals surface area contributed by atoms with Crippen LogP contribution in [0.5, 0.6) is 0 Å². The Morgan fingerprint density at radius 3 is 1.97 bits per heavy atom. The lowest BCUT2D eigenvalue weighted by Crippen LogP contribution is -2.54. The molecule has 0 aliphatic rings. The molecule has 0 saturated heterocycles. The highest BCUT2D eigenvalue weighted by Crippen LogP contribution is 2.28. The first-order valence-corrected chi connectivity index (χ1v) is 14.7. The van der Waals surface area contributed by atoms with Gasteiger partial charge in [0.1, 0.15) is 12.6 Å². The maximum atomic E-state index is 13.9. The van der Waals surface area contributed by atoms with Crippen molar-refractivity contribution in [3.05, 3.63) is 93.4 Å². The van der Waals surface area contributed by atoms with Crippen LogP contribution in [0, 0.1) is 0 Å². The summed E-state index contributed by atoms with van der Waals surface area (Å²) in [5, 5.41) is 3.88. The number of para-hydroxylation sites is 1. The van der Waals surface area contributed by atoms with Crippen molar-refractivity contribution in [2.24, 2.45) is 0 Å². The minimum absolute atomic E-state index is 0.0391. The van der Waals surface area contributed by atoms with E-state index in [1.165, 1.54) is 29.2 Å². The second-order valence-corrected chi connectivity index (χ2v) is 13.1. The minimum atomic E-state index is -4.19. The smallest absolute Gasteiger partial charge is 0.264 e. The molecule has 0 aliphatic carbocycles. The first-order valence-electron chi connectivity index (χ1n) is 12.1. The zero-order valence-electron chi connectivity index (χ0n) is 22.0. The van der Waals surface area contributed by atoms with Crippen LogP contribution < -0.4 is 9.62 Å². The Morgan fingerprint density at radius 2 is 1.44 bits per heavy atom. The molecular formula is C28H30Cl3N3O4S. The zero-order chi connectivity index (χ0) is 29.0. The highest BCUT2D eigenvalue weighted by molar-refractivity contribution is 7.92. The molecule has 1 atom stereocenters. The molecule has 2 amide bonds. The summed E-state index contributed by atoms with van der Waals surface area (Å²) in [6.07, 6.45) is 0. The summed E-state index contributed by atoms with van der Waals surface area (Å²) < 4.78 is 28.5. The summed E-state index contributed by atoms with van der Waals surface area (Å²) in [5.41, 5.74) is 0.163. The Balaban J connectivity index is 2.05. The van der Waals surface area contributed by atoms with Crippen molar-refractivity contribution in [1.29, 1.82) is 0 Å².